The minimum Gasteiger partial charge on any atom is -0.465 e. The molecule has 0 saturated carbocycles. The number of amides is 1. The molecule has 2 rings (SSSR count). The fourth-order valence-electron chi connectivity index (χ4n) is 9.53. The van der Waals surface area contributed by atoms with Crippen LogP contribution in [0.1, 0.15) is 246 Å². The lowest BCUT2D eigenvalue weighted by Gasteiger charge is -2.37. The number of hydrogen-bond donors (Lipinski definition) is 0. The highest BCUT2D eigenvalue weighted by molar-refractivity contribution is 5.73. The Morgan fingerprint density at radius 3 is 1.08 bits per heavy atom. The normalized spacial score (nSPS) is 17.1. The topological polar surface area (TPSA) is 191 Å². The smallest absolute Gasteiger partial charge is 0.410 e. The minimum absolute atomic E-state index is 0.0158. The zero-order chi connectivity index (χ0) is 54.7. The number of piperidine rings is 1. The first-order chi connectivity index (χ1) is 36.3. The fourth-order valence-corrected chi connectivity index (χ4v) is 9.53. The summed E-state index contributed by atoms with van der Waals surface area (Å²) in [7, 11) is 1.98. The van der Waals surface area contributed by atoms with Gasteiger partial charge in [0.05, 0.1) is 52.4 Å². The van der Waals surface area contributed by atoms with Crippen LogP contribution >= 0.6 is 0 Å². The highest BCUT2D eigenvalue weighted by Crippen LogP contribution is 2.23. The van der Waals surface area contributed by atoms with Gasteiger partial charge in [-0.25, -0.2) is 4.79 Å². The molecule has 3 atom stereocenters. The van der Waals surface area contributed by atoms with Crippen molar-refractivity contribution in [1.82, 2.24) is 9.80 Å². The largest absolute Gasteiger partial charge is 0.465 e. The van der Waals surface area contributed by atoms with Crippen LogP contribution in [0.2, 0.25) is 0 Å². The van der Waals surface area contributed by atoms with E-state index >= 15 is 0 Å². The van der Waals surface area contributed by atoms with Gasteiger partial charge in [-0.1, -0.05) is 156 Å². The number of likely N-dealkylation sites (N-methyl/N-ethyl adjacent to an activating group) is 1. The lowest BCUT2D eigenvalue weighted by Crippen LogP contribution is -2.52. The van der Waals surface area contributed by atoms with Gasteiger partial charge in [0.25, 0.3) is 0 Å². The second-order valence-corrected chi connectivity index (χ2v) is 21.6. The van der Waals surface area contributed by atoms with Crippen molar-refractivity contribution in [2.75, 3.05) is 59.7 Å². The lowest BCUT2D eigenvalue weighted by molar-refractivity contribution is -0.167. The molecule has 0 N–H and O–H groups in total. The van der Waals surface area contributed by atoms with Gasteiger partial charge in [-0.2, -0.15) is 0 Å². The second kappa shape index (κ2) is 44.1. The molecule has 0 aromatic rings. The van der Waals surface area contributed by atoms with Gasteiger partial charge in [-0.3, -0.25) is 28.8 Å². The Labute approximate surface area is 452 Å². The highest BCUT2D eigenvalue weighted by Gasteiger charge is 2.37. The van der Waals surface area contributed by atoms with Crippen LogP contribution in [0.25, 0.3) is 0 Å². The molecular weight excluding hydrogens is 961 g/mol. The number of carbonyl (C=O) groups excluding carboxylic acids is 7. The van der Waals surface area contributed by atoms with E-state index in [1.165, 1.54) is 4.90 Å². The van der Waals surface area contributed by atoms with Gasteiger partial charge in [-0.05, 0) is 58.5 Å². The molecule has 2 saturated heterocycles. The number of rotatable bonds is 43. The molecule has 0 aromatic carbocycles. The van der Waals surface area contributed by atoms with E-state index in [1.54, 1.807) is 0 Å². The number of hydrogen-bond acceptors (Lipinski definition) is 15. The summed E-state index contributed by atoms with van der Waals surface area (Å²) in [5.41, 5.74) is 0. The van der Waals surface area contributed by atoms with Gasteiger partial charge >= 0.3 is 41.9 Å². The predicted molar refractivity (Wildman–Crippen MR) is 290 cm³/mol. The molecule has 0 aliphatic carbocycles. The van der Waals surface area contributed by atoms with Crippen molar-refractivity contribution < 1.29 is 66.7 Å². The van der Waals surface area contributed by atoms with Crippen molar-refractivity contribution in [2.24, 2.45) is 11.8 Å². The van der Waals surface area contributed by atoms with Crippen LogP contribution in [0.3, 0.4) is 0 Å². The maximum absolute atomic E-state index is 13.9. The Kier molecular flexibility index (Phi) is 39.5. The maximum atomic E-state index is 13.9. The molecule has 2 heterocycles. The molecule has 0 bridgehead atoms. The van der Waals surface area contributed by atoms with E-state index in [4.69, 9.17) is 33.2 Å². The number of unbranched alkanes of at least 4 members (excludes halogenated alkanes) is 20. The van der Waals surface area contributed by atoms with Crippen LogP contribution in [-0.4, -0.2) is 130 Å². The van der Waals surface area contributed by atoms with Crippen LogP contribution in [0.5, 0.6) is 0 Å². The number of ether oxygens (including phenoxy) is 7. The van der Waals surface area contributed by atoms with Gasteiger partial charge in [-0.15, -0.1) is 0 Å². The summed E-state index contributed by atoms with van der Waals surface area (Å²) < 4.78 is 40.6. The molecule has 2 fully saturated rings. The Bertz CT molecular complexity index is 1410. The van der Waals surface area contributed by atoms with Crippen molar-refractivity contribution in [3.05, 3.63) is 0 Å². The van der Waals surface area contributed by atoms with Crippen LogP contribution in [0, 0.1) is 11.8 Å². The van der Waals surface area contributed by atoms with E-state index in [-0.39, 0.29) is 114 Å². The van der Waals surface area contributed by atoms with Gasteiger partial charge in [0, 0.05) is 50.5 Å². The third-order valence-electron chi connectivity index (χ3n) is 14.1. The third kappa shape index (κ3) is 35.9. The monoisotopic (exact) mass is 1060 g/mol. The first-order valence-electron chi connectivity index (χ1n) is 30.0. The summed E-state index contributed by atoms with van der Waals surface area (Å²) in [6, 6.07) is 0. The molecule has 16 nitrogen and oxygen atoms in total. The molecule has 2 aliphatic heterocycles. The van der Waals surface area contributed by atoms with Gasteiger partial charge in [0.15, 0.2) is 0 Å². The van der Waals surface area contributed by atoms with Crippen LogP contribution < -0.4 is 0 Å². The van der Waals surface area contributed by atoms with Gasteiger partial charge < -0.3 is 43.0 Å². The number of carbonyl (C=O) groups is 7. The Morgan fingerprint density at radius 1 is 0.400 bits per heavy atom. The summed E-state index contributed by atoms with van der Waals surface area (Å²) >= 11 is 0. The summed E-state index contributed by atoms with van der Waals surface area (Å²) in [4.78, 5) is 96.2. The van der Waals surface area contributed by atoms with Crippen LogP contribution in [0.15, 0.2) is 0 Å². The molecular formula is C59H104N2O14. The van der Waals surface area contributed by atoms with Crippen molar-refractivity contribution >= 4 is 41.9 Å². The molecule has 0 aromatic heterocycles. The summed E-state index contributed by atoms with van der Waals surface area (Å²) in [6.07, 6.45) is 24.8. The van der Waals surface area contributed by atoms with E-state index in [2.05, 4.69) is 32.6 Å². The van der Waals surface area contributed by atoms with E-state index in [0.29, 0.717) is 38.6 Å². The lowest BCUT2D eigenvalue weighted by atomic mass is 10.0. The Balaban J connectivity index is 2.20. The summed E-state index contributed by atoms with van der Waals surface area (Å²) in [6.45, 7) is 9.48. The average molecular weight is 1070 g/mol. The van der Waals surface area contributed by atoms with Crippen LogP contribution in [-0.2, 0) is 61.9 Å². The molecule has 1 unspecified atom stereocenters. The maximum Gasteiger partial charge on any atom is 0.410 e. The number of nitrogens with zero attached hydrogens (tertiary/aromatic N) is 2. The summed E-state index contributed by atoms with van der Waals surface area (Å²) in [5.74, 6) is -4.19. The zero-order valence-electron chi connectivity index (χ0n) is 47.7. The highest BCUT2D eigenvalue weighted by atomic mass is 16.6. The second-order valence-electron chi connectivity index (χ2n) is 21.6. The third-order valence-corrected chi connectivity index (χ3v) is 14.1. The minimum atomic E-state index is -0.902. The molecule has 0 radical (unpaired) electrons. The van der Waals surface area contributed by atoms with Gasteiger partial charge in [0.2, 0.25) is 0 Å². The Morgan fingerprint density at radius 2 is 0.733 bits per heavy atom. The molecule has 75 heavy (non-hydrogen) atoms. The molecule has 434 valence electrons. The van der Waals surface area contributed by atoms with E-state index in [9.17, 15) is 33.6 Å². The summed E-state index contributed by atoms with van der Waals surface area (Å²) in [5, 5.41) is 0. The molecule has 2 aliphatic rings. The van der Waals surface area contributed by atoms with E-state index in [0.717, 1.165) is 148 Å². The predicted octanol–water partition coefficient (Wildman–Crippen LogP) is 12.3. The number of esters is 6. The zero-order valence-corrected chi connectivity index (χ0v) is 47.7. The Hall–Kier alpha value is -3.95. The average Bonchev–Trinajstić information content (AvgIpc) is 3.59. The van der Waals surface area contributed by atoms with Crippen molar-refractivity contribution in [3.8, 4) is 0 Å². The van der Waals surface area contributed by atoms with Crippen molar-refractivity contribution in [3.63, 3.8) is 0 Å². The van der Waals surface area contributed by atoms with E-state index < -0.39 is 42.1 Å². The van der Waals surface area contributed by atoms with Gasteiger partial charge in [0.1, 0.15) is 18.3 Å². The molecule has 0 spiro atoms. The van der Waals surface area contributed by atoms with Crippen LogP contribution in [0.4, 0.5) is 4.79 Å². The number of likely N-dealkylation sites (tertiary alicyclic amines) is 2. The SMILES string of the molecule is CCCCCCCCC(=O)OCC(COC(=O)CCCCCCCC)CC(=O)O[C@@H]1C[C@H](OC(=O)CC(COC(=O)CCCCCCCC)COC(=O)CCCCCCCC)CN(C(=O)OC2CCCCN(C)C2)C1. The first-order valence-corrected chi connectivity index (χ1v) is 30.0. The standard InChI is InChI=1S/C59H104N2O14/c1-6-10-14-18-22-26-33-53(62)69-44-48(45-70-54(63)34-27-23-19-15-11-7-2)38-57(66)73-51-40-52(43-61(42-51)59(68)75-50-32-30-31-37-60(5)41-50)74-58(67)39-49(46-71-55(64)35-28-24-20-16-12-8-3)47-72-56(65)36-29-25-21-17-13-9-4/h48-52H,6-47H2,1-5H3/t50?,51-,52+. The quantitative estimate of drug-likeness (QED) is 0.0318. The van der Waals surface area contributed by atoms with E-state index in [1.807, 2.05) is 7.05 Å². The van der Waals surface area contributed by atoms with Crippen molar-refractivity contribution in [1.29, 1.82) is 0 Å². The molecule has 1 amide bonds. The fraction of sp³-hybridized carbons (Fsp3) is 0.881. The first kappa shape index (κ1) is 67.2. The molecule has 16 heteroatoms. The van der Waals surface area contributed by atoms with Crippen molar-refractivity contribution in [2.45, 2.75) is 264 Å².